The zero-order valence-corrected chi connectivity index (χ0v) is 15.9. The van der Waals surface area contributed by atoms with Gasteiger partial charge in [0.2, 0.25) is 5.91 Å². The molecule has 0 saturated carbocycles. The molecule has 0 fully saturated rings. The Morgan fingerprint density at radius 2 is 1.96 bits per heavy atom. The fourth-order valence-electron chi connectivity index (χ4n) is 2.25. The molecule has 0 aliphatic carbocycles. The predicted molar refractivity (Wildman–Crippen MR) is 104 cm³/mol. The maximum atomic E-state index is 12.7. The number of hydrogen-bond donors (Lipinski definition) is 2. The van der Waals surface area contributed by atoms with E-state index in [1.807, 2.05) is 31.2 Å². The molecule has 2 aromatic rings. The van der Waals surface area contributed by atoms with Crippen molar-refractivity contribution in [1.29, 1.82) is 0 Å². The molecule has 1 unspecified atom stereocenters. The number of benzene rings is 2. The molecular formula is C18H21ClN2O3S. The first-order chi connectivity index (χ1) is 12.0. The summed E-state index contributed by atoms with van der Waals surface area (Å²) in [6.07, 6.45) is 0.664. The highest BCUT2D eigenvalue weighted by Gasteiger charge is 2.20. The van der Waals surface area contributed by atoms with Gasteiger partial charge in [0, 0.05) is 16.6 Å². The number of thioether (sulfide) groups is 1. The van der Waals surface area contributed by atoms with Crippen molar-refractivity contribution in [3.8, 4) is 11.5 Å². The van der Waals surface area contributed by atoms with Crippen LogP contribution in [-0.4, -0.2) is 25.4 Å². The Balaban J connectivity index is 2.17. The van der Waals surface area contributed by atoms with Gasteiger partial charge in [0.15, 0.2) is 0 Å². The number of ether oxygens (including phenoxy) is 2. The van der Waals surface area contributed by atoms with Gasteiger partial charge < -0.3 is 20.5 Å². The maximum absolute atomic E-state index is 12.7. The highest BCUT2D eigenvalue weighted by molar-refractivity contribution is 8.00. The minimum absolute atomic E-state index is 0.130. The van der Waals surface area contributed by atoms with Crippen molar-refractivity contribution in [3.05, 3.63) is 41.4 Å². The number of nitrogens with two attached hydrogens (primary N) is 1. The number of rotatable bonds is 7. The fraction of sp³-hybridized carbons (Fsp3) is 0.278. The third-order valence-electron chi connectivity index (χ3n) is 3.53. The van der Waals surface area contributed by atoms with Crippen molar-refractivity contribution in [2.75, 3.05) is 25.3 Å². The highest BCUT2D eigenvalue weighted by atomic mass is 35.5. The SMILES string of the molecule is CCC(Sc1cccc(N)c1)C(=O)Nc1cc(Cl)c(OC)cc1OC. The van der Waals surface area contributed by atoms with Crippen LogP contribution in [0.4, 0.5) is 11.4 Å². The standard InChI is InChI=1S/C18H21ClN2O3S/c1-4-17(25-12-7-5-6-11(20)8-12)18(22)21-14-9-13(19)15(23-2)10-16(14)24-3/h5-10,17H,4,20H2,1-3H3,(H,21,22). The number of carbonyl (C=O) groups excluding carboxylic acids is 1. The smallest absolute Gasteiger partial charge is 0.237 e. The summed E-state index contributed by atoms with van der Waals surface area (Å²) in [5.74, 6) is 0.838. The van der Waals surface area contributed by atoms with Gasteiger partial charge in [0.05, 0.1) is 30.2 Å². The highest BCUT2D eigenvalue weighted by Crippen LogP contribution is 2.36. The molecule has 0 aliphatic heterocycles. The number of anilines is 2. The first-order valence-electron chi connectivity index (χ1n) is 7.73. The minimum atomic E-state index is -0.271. The number of halogens is 1. The summed E-state index contributed by atoms with van der Waals surface area (Å²) in [5, 5.41) is 3.01. The summed E-state index contributed by atoms with van der Waals surface area (Å²) in [5.41, 5.74) is 6.98. The van der Waals surface area contributed by atoms with Crippen LogP contribution in [0.25, 0.3) is 0 Å². The molecule has 1 amide bonds. The summed E-state index contributed by atoms with van der Waals surface area (Å²) in [7, 11) is 3.05. The van der Waals surface area contributed by atoms with Crippen LogP contribution in [0.1, 0.15) is 13.3 Å². The quantitative estimate of drug-likeness (QED) is 0.548. The molecule has 3 N–H and O–H groups in total. The zero-order chi connectivity index (χ0) is 18.4. The summed E-state index contributed by atoms with van der Waals surface area (Å²) in [6, 6.07) is 10.7. The van der Waals surface area contributed by atoms with Crippen molar-refractivity contribution < 1.29 is 14.3 Å². The van der Waals surface area contributed by atoms with Crippen LogP contribution in [0.5, 0.6) is 11.5 Å². The molecule has 0 saturated heterocycles. The molecule has 0 heterocycles. The van der Waals surface area contributed by atoms with Crippen molar-refractivity contribution in [1.82, 2.24) is 0 Å². The molecule has 2 rings (SSSR count). The molecular weight excluding hydrogens is 360 g/mol. The summed E-state index contributed by atoms with van der Waals surface area (Å²) in [6.45, 7) is 1.96. The van der Waals surface area contributed by atoms with Gasteiger partial charge in [-0.05, 0) is 30.7 Å². The minimum Gasteiger partial charge on any atom is -0.495 e. The summed E-state index contributed by atoms with van der Waals surface area (Å²) >= 11 is 7.62. The van der Waals surface area contributed by atoms with E-state index < -0.39 is 0 Å². The number of hydrogen-bond acceptors (Lipinski definition) is 5. The van der Waals surface area contributed by atoms with Gasteiger partial charge in [-0.25, -0.2) is 0 Å². The first-order valence-corrected chi connectivity index (χ1v) is 8.98. The van der Waals surface area contributed by atoms with Crippen LogP contribution >= 0.6 is 23.4 Å². The Hall–Kier alpha value is -2.05. The van der Waals surface area contributed by atoms with E-state index in [0.717, 1.165) is 4.90 Å². The van der Waals surface area contributed by atoms with Gasteiger partial charge in [-0.2, -0.15) is 0 Å². The number of amides is 1. The number of nitrogen functional groups attached to an aromatic ring is 1. The number of nitrogens with one attached hydrogen (secondary N) is 1. The molecule has 0 spiro atoms. The second-order valence-electron chi connectivity index (χ2n) is 5.26. The lowest BCUT2D eigenvalue weighted by Gasteiger charge is -2.17. The second kappa shape index (κ2) is 8.87. The molecule has 5 nitrogen and oxygen atoms in total. The van der Waals surface area contributed by atoms with Crippen LogP contribution < -0.4 is 20.5 Å². The molecule has 7 heteroatoms. The topological polar surface area (TPSA) is 73.6 Å². The summed E-state index contributed by atoms with van der Waals surface area (Å²) < 4.78 is 10.5. The Labute approximate surface area is 156 Å². The van der Waals surface area contributed by atoms with Gasteiger partial charge in [0.1, 0.15) is 11.5 Å². The van der Waals surface area contributed by atoms with Gasteiger partial charge in [-0.15, -0.1) is 11.8 Å². The van der Waals surface area contributed by atoms with Crippen LogP contribution in [0.15, 0.2) is 41.3 Å². The van der Waals surface area contributed by atoms with E-state index in [0.29, 0.717) is 34.3 Å². The molecule has 0 bridgehead atoms. The van der Waals surface area contributed by atoms with E-state index in [1.54, 1.807) is 12.1 Å². The molecule has 134 valence electrons. The van der Waals surface area contributed by atoms with Gasteiger partial charge in [-0.1, -0.05) is 24.6 Å². The molecule has 2 aromatic carbocycles. The van der Waals surface area contributed by atoms with Gasteiger partial charge in [0.25, 0.3) is 0 Å². The van der Waals surface area contributed by atoms with E-state index in [-0.39, 0.29) is 11.2 Å². The lowest BCUT2D eigenvalue weighted by atomic mass is 10.2. The second-order valence-corrected chi connectivity index (χ2v) is 6.95. The molecule has 0 radical (unpaired) electrons. The van der Waals surface area contributed by atoms with Gasteiger partial charge >= 0.3 is 0 Å². The fourth-order valence-corrected chi connectivity index (χ4v) is 3.51. The van der Waals surface area contributed by atoms with E-state index >= 15 is 0 Å². The third-order valence-corrected chi connectivity index (χ3v) is 5.18. The van der Waals surface area contributed by atoms with Crippen molar-refractivity contribution in [2.45, 2.75) is 23.5 Å². The van der Waals surface area contributed by atoms with Crippen molar-refractivity contribution in [3.63, 3.8) is 0 Å². The summed E-state index contributed by atoms with van der Waals surface area (Å²) in [4.78, 5) is 13.6. The zero-order valence-electron chi connectivity index (χ0n) is 14.3. The van der Waals surface area contributed by atoms with Crippen LogP contribution in [0, 0.1) is 0 Å². The lowest BCUT2D eigenvalue weighted by molar-refractivity contribution is -0.115. The maximum Gasteiger partial charge on any atom is 0.237 e. The van der Waals surface area contributed by atoms with Crippen molar-refractivity contribution >= 4 is 40.6 Å². The molecule has 0 aliphatic rings. The Morgan fingerprint density at radius 1 is 1.24 bits per heavy atom. The third kappa shape index (κ3) is 4.96. The Bertz CT molecular complexity index is 755. The van der Waals surface area contributed by atoms with Crippen LogP contribution in [-0.2, 0) is 4.79 Å². The lowest BCUT2D eigenvalue weighted by Crippen LogP contribution is -2.24. The van der Waals surface area contributed by atoms with E-state index in [4.69, 9.17) is 26.8 Å². The van der Waals surface area contributed by atoms with Crippen molar-refractivity contribution in [2.24, 2.45) is 0 Å². The van der Waals surface area contributed by atoms with Crippen LogP contribution in [0.2, 0.25) is 5.02 Å². The number of methoxy groups -OCH3 is 2. The Morgan fingerprint density at radius 3 is 2.56 bits per heavy atom. The normalized spacial score (nSPS) is 11.7. The van der Waals surface area contributed by atoms with Gasteiger partial charge in [-0.3, -0.25) is 4.79 Å². The van der Waals surface area contributed by atoms with Crippen LogP contribution in [0.3, 0.4) is 0 Å². The molecule has 0 aromatic heterocycles. The first kappa shape index (κ1) is 19.3. The predicted octanol–water partition coefficient (Wildman–Crippen LogP) is 4.45. The number of carbonyl (C=O) groups is 1. The average molecular weight is 381 g/mol. The van der Waals surface area contributed by atoms with E-state index in [1.165, 1.54) is 26.0 Å². The van der Waals surface area contributed by atoms with E-state index in [9.17, 15) is 4.79 Å². The largest absolute Gasteiger partial charge is 0.495 e. The molecule has 25 heavy (non-hydrogen) atoms. The average Bonchev–Trinajstić information content (AvgIpc) is 2.60. The molecule has 1 atom stereocenters. The van der Waals surface area contributed by atoms with E-state index in [2.05, 4.69) is 5.32 Å². The monoisotopic (exact) mass is 380 g/mol. The Kier molecular flexibility index (Phi) is 6.84.